The minimum atomic E-state index is -0.508. The molecule has 2 N–H and O–H groups in total. The highest BCUT2D eigenvalue weighted by Crippen LogP contribution is 2.32. The number of hydrogen-bond donors (Lipinski definition) is 2. The van der Waals surface area contributed by atoms with Crippen molar-refractivity contribution in [2.45, 2.75) is 58.2 Å². The maximum absolute atomic E-state index is 13.2. The molecule has 1 aliphatic carbocycles. The van der Waals surface area contributed by atoms with Crippen LogP contribution in [0.25, 0.3) is 0 Å². The van der Waals surface area contributed by atoms with Gasteiger partial charge in [0.2, 0.25) is 0 Å². The average Bonchev–Trinajstić information content (AvgIpc) is 3.25. The van der Waals surface area contributed by atoms with Crippen molar-refractivity contribution in [1.29, 1.82) is 0 Å². The summed E-state index contributed by atoms with van der Waals surface area (Å²) in [7, 11) is 0. The molecule has 6 heteroatoms. The number of nitrogens with zero attached hydrogens (tertiary/aromatic N) is 1. The van der Waals surface area contributed by atoms with Gasteiger partial charge in [0.1, 0.15) is 11.4 Å². The molecule has 2 rings (SSSR count). The Morgan fingerprint density at radius 2 is 2.13 bits per heavy atom. The lowest BCUT2D eigenvalue weighted by molar-refractivity contribution is 0.0497. The van der Waals surface area contributed by atoms with Crippen molar-refractivity contribution in [2.75, 3.05) is 6.54 Å². The number of halogens is 1. The number of nitrogens with one attached hydrogen (secondary N) is 2. The smallest absolute Gasteiger partial charge is 0.407 e. The van der Waals surface area contributed by atoms with Gasteiger partial charge in [-0.2, -0.15) is 0 Å². The van der Waals surface area contributed by atoms with Crippen LogP contribution >= 0.6 is 0 Å². The highest BCUT2D eigenvalue weighted by Gasteiger charge is 2.33. The van der Waals surface area contributed by atoms with E-state index in [2.05, 4.69) is 15.6 Å². The highest BCUT2D eigenvalue weighted by molar-refractivity contribution is 5.68. The molecule has 0 radical (unpaired) electrons. The molecule has 0 saturated heterocycles. The van der Waals surface area contributed by atoms with Gasteiger partial charge in [-0.1, -0.05) is 0 Å². The molecule has 0 bridgehead atoms. The highest BCUT2D eigenvalue weighted by atomic mass is 19.1. The monoisotopic (exact) mass is 323 g/mol. The second-order valence-electron chi connectivity index (χ2n) is 7.16. The molecule has 1 fully saturated rings. The Morgan fingerprint density at radius 3 is 2.70 bits per heavy atom. The molecular formula is C17H26FN3O2. The molecule has 0 aromatic carbocycles. The van der Waals surface area contributed by atoms with E-state index in [1.165, 1.54) is 12.3 Å². The number of aromatic nitrogens is 1. The van der Waals surface area contributed by atoms with Gasteiger partial charge >= 0.3 is 6.09 Å². The maximum atomic E-state index is 13.2. The third-order valence-electron chi connectivity index (χ3n) is 3.76. The van der Waals surface area contributed by atoms with Crippen LogP contribution in [0.15, 0.2) is 18.5 Å². The summed E-state index contributed by atoms with van der Waals surface area (Å²) in [5, 5.41) is 6.28. The summed E-state index contributed by atoms with van der Waals surface area (Å²) in [6.07, 6.45) is 4.66. The zero-order valence-electron chi connectivity index (χ0n) is 14.2. The Labute approximate surface area is 137 Å². The molecule has 1 aromatic rings. The number of hydrogen-bond acceptors (Lipinski definition) is 4. The fraction of sp³-hybridized carbons (Fsp3) is 0.647. The van der Waals surface area contributed by atoms with E-state index in [4.69, 9.17) is 4.74 Å². The molecule has 0 spiro atoms. The van der Waals surface area contributed by atoms with Gasteiger partial charge in [0, 0.05) is 24.8 Å². The Bertz CT molecular complexity index is 541. The van der Waals surface area contributed by atoms with E-state index in [1.807, 2.05) is 27.7 Å². The van der Waals surface area contributed by atoms with E-state index in [0.29, 0.717) is 12.5 Å². The zero-order chi connectivity index (χ0) is 17.0. The Hall–Kier alpha value is -1.69. The number of carbonyl (C=O) groups excluding carboxylic acids is 1. The molecule has 128 valence electrons. The normalized spacial score (nSPS) is 17.4. The van der Waals surface area contributed by atoms with E-state index < -0.39 is 11.7 Å². The predicted molar refractivity (Wildman–Crippen MR) is 86.5 cm³/mol. The fourth-order valence-electron chi connectivity index (χ4n) is 2.38. The molecule has 1 amide bonds. The first-order chi connectivity index (χ1) is 10.7. The first-order valence-corrected chi connectivity index (χ1v) is 8.08. The van der Waals surface area contributed by atoms with Crippen LogP contribution in [0.3, 0.4) is 0 Å². The molecule has 0 aliphatic heterocycles. The summed E-state index contributed by atoms with van der Waals surface area (Å²) in [5.41, 5.74) is 0.281. The molecule has 1 aromatic heterocycles. The number of amides is 1. The molecule has 23 heavy (non-hydrogen) atoms. The van der Waals surface area contributed by atoms with E-state index in [0.717, 1.165) is 18.4 Å². The van der Waals surface area contributed by atoms with Crippen LogP contribution in [0, 0.1) is 11.7 Å². The van der Waals surface area contributed by atoms with Crippen molar-refractivity contribution in [3.63, 3.8) is 0 Å². The summed E-state index contributed by atoms with van der Waals surface area (Å²) in [6.45, 7) is 8.09. The van der Waals surface area contributed by atoms with Crippen LogP contribution in [0.1, 0.15) is 52.1 Å². The molecule has 1 heterocycles. The van der Waals surface area contributed by atoms with Crippen LogP contribution in [-0.2, 0) is 4.74 Å². The van der Waals surface area contributed by atoms with E-state index in [1.54, 1.807) is 6.20 Å². The van der Waals surface area contributed by atoms with Crippen LogP contribution in [-0.4, -0.2) is 29.3 Å². The van der Waals surface area contributed by atoms with Crippen LogP contribution in [0.5, 0.6) is 0 Å². The standard InChI is InChI=1S/C17H26FN3O2/c1-11(13-7-14(18)9-19-8-13)20-10-15(12-5-6-12)21-16(22)23-17(2,3)4/h7-9,11-12,15,20H,5-6,10H2,1-4H3,(H,21,22). The lowest BCUT2D eigenvalue weighted by Crippen LogP contribution is -2.46. The van der Waals surface area contributed by atoms with Crippen molar-refractivity contribution in [3.05, 3.63) is 29.8 Å². The lowest BCUT2D eigenvalue weighted by atomic mass is 10.1. The Balaban J connectivity index is 1.86. The number of carbonyl (C=O) groups is 1. The number of ether oxygens (including phenoxy) is 1. The van der Waals surface area contributed by atoms with Gasteiger partial charge < -0.3 is 15.4 Å². The van der Waals surface area contributed by atoms with E-state index in [9.17, 15) is 9.18 Å². The average molecular weight is 323 g/mol. The zero-order valence-corrected chi connectivity index (χ0v) is 14.2. The summed E-state index contributed by atoms with van der Waals surface area (Å²) >= 11 is 0. The number of rotatable bonds is 6. The molecule has 1 saturated carbocycles. The lowest BCUT2D eigenvalue weighted by Gasteiger charge is -2.25. The molecular weight excluding hydrogens is 297 g/mol. The Kier molecular flexibility index (Phi) is 5.57. The Morgan fingerprint density at radius 1 is 1.43 bits per heavy atom. The SMILES string of the molecule is CC(NCC(NC(=O)OC(C)(C)C)C1CC1)c1cncc(F)c1. The second kappa shape index (κ2) is 7.25. The van der Waals surface area contributed by atoms with Gasteiger partial charge in [-0.3, -0.25) is 4.98 Å². The first kappa shape index (κ1) is 17.7. The number of pyridine rings is 1. The summed E-state index contributed by atoms with van der Waals surface area (Å²) in [4.78, 5) is 15.8. The fourth-order valence-corrected chi connectivity index (χ4v) is 2.38. The van der Waals surface area contributed by atoms with Gasteiger partial charge in [0.05, 0.1) is 6.20 Å². The molecule has 1 aliphatic rings. The van der Waals surface area contributed by atoms with Gasteiger partial charge in [0.25, 0.3) is 0 Å². The third-order valence-corrected chi connectivity index (χ3v) is 3.76. The van der Waals surface area contributed by atoms with Gasteiger partial charge in [0.15, 0.2) is 0 Å². The van der Waals surface area contributed by atoms with E-state index >= 15 is 0 Å². The largest absolute Gasteiger partial charge is 0.444 e. The quantitative estimate of drug-likeness (QED) is 0.844. The van der Waals surface area contributed by atoms with Crippen molar-refractivity contribution in [2.24, 2.45) is 5.92 Å². The predicted octanol–water partition coefficient (Wildman–Crippen LogP) is 3.17. The molecule has 2 unspecified atom stereocenters. The van der Waals surface area contributed by atoms with Gasteiger partial charge in [-0.25, -0.2) is 9.18 Å². The first-order valence-electron chi connectivity index (χ1n) is 8.08. The van der Waals surface area contributed by atoms with Gasteiger partial charge in [-0.05, 0) is 58.1 Å². The van der Waals surface area contributed by atoms with E-state index in [-0.39, 0.29) is 17.9 Å². The second-order valence-corrected chi connectivity index (χ2v) is 7.16. The summed E-state index contributed by atoms with van der Waals surface area (Å²) < 4.78 is 18.5. The third kappa shape index (κ3) is 6.14. The minimum absolute atomic E-state index is 0.0221. The minimum Gasteiger partial charge on any atom is -0.444 e. The summed E-state index contributed by atoms with van der Waals surface area (Å²) in [5.74, 6) is 0.134. The van der Waals surface area contributed by atoms with Crippen LogP contribution in [0.4, 0.5) is 9.18 Å². The van der Waals surface area contributed by atoms with Gasteiger partial charge in [-0.15, -0.1) is 0 Å². The van der Waals surface area contributed by atoms with Crippen LogP contribution < -0.4 is 10.6 Å². The molecule has 5 nitrogen and oxygen atoms in total. The van der Waals surface area contributed by atoms with Crippen molar-refractivity contribution in [3.8, 4) is 0 Å². The topological polar surface area (TPSA) is 63.2 Å². The number of alkyl carbamates (subject to hydrolysis) is 1. The maximum Gasteiger partial charge on any atom is 0.407 e. The van der Waals surface area contributed by atoms with Crippen LogP contribution in [0.2, 0.25) is 0 Å². The van der Waals surface area contributed by atoms with Crippen molar-refractivity contribution < 1.29 is 13.9 Å². The van der Waals surface area contributed by atoms with Crippen molar-refractivity contribution >= 4 is 6.09 Å². The van der Waals surface area contributed by atoms with Crippen molar-refractivity contribution in [1.82, 2.24) is 15.6 Å². The molecule has 2 atom stereocenters. The summed E-state index contributed by atoms with van der Waals surface area (Å²) in [6, 6.07) is 1.45.